The summed E-state index contributed by atoms with van der Waals surface area (Å²) in [6.45, 7) is 8.25. The maximum Gasteiger partial charge on any atom is 0.490 e. The lowest BCUT2D eigenvalue weighted by Crippen LogP contribution is -2.56. The molecule has 0 bridgehead atoms. The number of carboxylic acid groups (broad SMARTS) is 1. The average molecular weight is 504 g/mol. The molecule has 0 aliphatic carbocycles. The highest BCUT2D eigenvalue weighted by atomic mass is 19.4. The minimum absolute atomic E-state index is 0.0667. The maximum absolute atomic E-state index is 12.7. The number of ether oxygens (including phenoxy) is 1. The molecule has 0 saturated carbocycles. The number of hydrogen-bond acceptors (Lipinski definition) is 5. The molecule has 10 nitrogen and oxygen atoms in total. The van der Waals surface area contributed by atoms with Crippen LogP contribution in [0.1, 0.15) is 45.4 Å². The SMILES string of the molecule is CC(C)CNC(=O)C1Cn2ccnc2C2(CCN(C(=O)N3CCCC3)CC2)O1.O=C(O)C(F)(F)F. The monoisotopic (exact) mass is 503 g/mol. The first-order valence-electron chi connectivity index (χ1n) is 11.7. The van der Waals surface area contributed by atoms with Gasteiger partial charge >= 0.3 is 18.2 Å². The molecule has 4 rings (SSSR count). The van der Waals surface area contributed by atoms with Crippen LogP contribution in [0.2, 0.25) is 0 Å². The van der Waals surface area contributed by atoms with Crippen molar-refractivity contribution in [2.24, 2.45) is 5.92 Å². The van der Waals surface area contributed by atoms with Crippen LogP contribution in [0.15, 0.2) is 12.4 Å². The number of amides is 3. The number of nitrogens with one attached hydrogen (secondary N) is 1. The van der Waals surface area contributed by atoms with E-state index in [-0.39, 0.29) is 11.9 Å². The third kappa shape index (κ3) is 6.44. The largest absolute Gasteiger partial charge is 0.490 e. The number of carboxylic acids is 1. The fourth-order valence-electron chi connectivity index (χ4n) is 4.46. The lowest BCUT2D eigenvalue weighted by molar-refractivity contribution is -0.192. The molecule has 13 heteroatoms. The Morgan fingerprint density at radius 1 is 1.17 bits per heavy atom. The number of rotatable bonds is 3. The summed E-state index contributed by atoms with van der Waals surface area (Å²) in [5.41, 5.74) is -0.594. The zero-order chi connectivity index (χ0) is 25.8. The summed E-state index contributed by atoms with van der Waals surface area (Å²) in [7, 11) is 0. The van der Waals surface area contributed by atoms with E-state index in [1.165, 1.54) is 0 Å². The summed E-state index contributed by atoms with van der Waals surface area (Å²) < 4.78 is 40.2. The lowest BCUT2D eigenvalue weighted by atomic mass is 9.88. The Morgan fingerprint density at radius 2 is 1.74 bits per heavy atom. The van der Waals surface area contributed by atoms with Gasteiger partial charge in [-0.1, -0.05) is 13.8 Å². The van der Waals surface area contributed by atoms with E-state index in [1.807, 2.05) is 20.6 Å². The fraction of sp³-hybridized carbons (Fsp3) is 0.727. The van der Waals surface area contributed by atoms with Gasteiger partial charge in [-0.2, -0.15) is 13.2 Å². The van der Waals surface area contributed by atoms with Gasteiger partial charge in [0.25, 0.3) is 5.91 Å². The molecule has 1 aromatic heterocycles. The van der Waals surface area contributed by atoms with Crippen molar-refractivity contribution in [3.8, 4) is 0 Å². The normalized spacial score (nSPS) is 21.4. The molecule has 1 spiro atoms. The number of aromatic nitrogens is 2. The van der Waals surface area contributed by atoms with E-state index in [2.05, 4.69) is 24.1 Å². The van der Waals surface area contributed by atoms with Crippen molar-refractivity contribution < 1.29 is 37.4 Å². The summed E-state index contributed by atoms with van der Waals surface area (Å²) in [4.78, 5) is 42.7. The number of fused-ring (bicyclic) bond motifs is 2. The van der Waals surface area contributed by atoms with Gasteiger partial charge in [-0.15, -0.1) is 0 Å². The van der Waals surface area contributed by atoms with Crippen molar-refractivity contribution in [3.63, 3.8) is 0 Å². The molecule has 2 fully saturated rings. The van der Waals surface area contributed by atoms with Crippen LogP contribution in [0.5, 0.6) is 0 Å². The molecule has 4 heterocycles. The van der Waals surface area contributed by atoms with E-state index < -0.39 is 23.9 Å². The number of imidazole rings is 1. The third-order valence-corrected chi connectivity index (χ3v) is 6.29. The predicted octanol–water partition coefficient (Wildman–Crippen LogP) is 2.19. The van der Waals surface area contributed by atoms with Gasteiger partial charge in [0.2, 0.25) is 0 Å². The minimum Gasteiger partial charge on any atom is -0.475 e. The summed E-state index contributed by atoms with van der Waals surface area (Å²) >= 11 is 0. The van der Waals surface area contributed by atoms with Gasteiger partial charge < -0.3 is 29.5 Å². The zero-order valence-electron chi connectivity index (χ0n) is 19.9. The minimum atomic E-state index is -5.08. The molecule has 3 amide bonds. The summed E-state index contributed by atoms with van der Waals surface area (Å²) in [5.74, 6) is -1.55. The first kappa shape index (κ1) is 26.8. The zero-order valence-corrected chi connectivity index (χ0v) is 19.9. The van der Waals surface area contributed by atoms with Crippen LogP contribution >= 0.6 is 0 Å². The van der Waals surface area contributed by atoms with E-state index in [0.29, 0.717) is 44.9 Å². The number of piperidine rings is 1. The highest BCUT2D eigenvalue weighted by Crippen LogP contribution is 2.40. The number of carbonyl (C=O) groups excluding carboxylic acids is 2. The van der Waals surface area contributed by atoms with Crippen LogP contribution in [0.3, 0.4) is 0 Å². The molecule has 1 unspecified atom stereocenters. The molecule has 3 aliphatic heterocycles. The molecule has 196 valence electrons. The molecule has 0 aromatic carbocycles. The average Bonchev–Trinajstić information content (AvgIpc) is 3.50. The Hall–Kier alpha value is -2.83. The standard InChI is InChI=1S/C20H31N5O3.C2HF3O2/c1-15(2)13-22-17(26)16-14-25-12-7-21-18(25)20(28-16)5-10-24(11-6-20)19(27)23-8-3-4-9-23;3-2(4,5)1(6)7/h7,12,15-16H,3-6,8-11,13-14H2,1-2H3,(H,22,26);(H,6,7). The van der Waals surface area contributed by atoms with Gasteiger partial charge in [0.05, 0.1) is 6.54 Å². The quantitative estimate of drug-likeness (QED) is 0.653. The number of hydrogen-bond donors (Lipinski definition) is 2. The summed E-state index contributed by atoms with van der Waals surface area (Å²) in [6.07, 6.45) is 1.60. The second kappa shape index (κ2) is 10.8. The number of carbonyl (C=O) groups is 3. The van der Waals surface area contributed by atoms with Gasteiger partial charge in [-0.3, -0.25) is 4.79 Å². The van der Waals surface area contributed by atoms with Crippen molar-refractivity contribution in [3.05, 3.63) is 18.2 Å². The molecule has 1 aromatic rings. The number of urea groups is 1. The smallest absolute Gasteiger partial charge is 0.475 e. The highest BCUT2D eigenvalue weighted by Gasteiger charge is 2.48. The van der Waals surface area contributed by atoms with Crippen molar-refractivity contribution in [2.45, 2.75) is 64.0 Å². The summed E-state index contributed by atoms with van der Waals surface area (Å²) in [5, 5.41) is 10.1. The third-order valence-electron chi connectivity index (χ3n) is 6.29. The lowest BCUT2D eigenvalue weighted by Gasteiger charge is -2.46. The molecule has 2 saturated heterocycles. The van der Waals surface area contributed by atoms with Crippen molar-refractivity contribution in [2.75, 3.05) is 32.7 Å². The van der Waals surface area contributed by atoms with Gasteiger partial charge in [0.15, 0.2) is 6.10 Å². The number of alkyl halides is 3. The van der Waals surface area contributed by atoms with Gasteiger partial charge in [-0.25, -0.2) is 14.6 Å². The first-order chi connectivity index (χ1) is 16.4. The topological polar surface area (TPSA) is 117 Å². The van der Waals surface area contributed by atoms with Crippen LogP contribution in [-0.2, 0) is 26.5 Å². The van der Waals surface area contributed by atoms with E-state index in [1.54, 1.807) is 6.20 Å². The van der Waals surface area contributed by atoms with Crippen LogP contribution in [0.4, 0.5) is 18.0 Å². The Morgan fingerprint density at radius 3 is 2.29 bits per heavy atom. The van der Waals surface area contributed by atoms with Crippen LogP contribution in [-0.4, -0.2) is 87.4 Å². The Kier molecular flexibility index (Phi) is 8.29. The molecule has 0 radical (unpaired) electrons. The Balaban J connectivity index is 0.000000429. The molecule has 3 aliphatic rings. The fourth-order valence-corrected chi connectivity index (χ4v) is 4.46. The van der Waals surface area contributed by atoms with E-state index in [4.69, 9.17) is 14.6 Å². The second-order valence-electron chi connectivity index (χ2n) is 9.41. The maximum atomic E-state index is 12.7. The first-order valence-corrected chi connectivity index (χ1v) is 11.7. The number of nitrogens with zero attached hydrogens (tertiary/aromatic N) is 4. The van der Waals surface area contributed by atoms with E-state index >= 15 is 0 Å². The Labute approximate surface area is 201 Å². The van der Waals surface area contributed by atoms with Gasteiger partial charge in [0.1, 0.15) is 11.4 Å². The van der Waals surface area contributed by atoms with Crippen LogP contribution < -0.4 is 5.32 Å². The number of aliphatic carboxylic acids is 1. The van der Waals surface area contributed by atoms with Crippen molar-refractivity contribution in [1.29, 1.82) is 0 Å². The van der Waals surface area contributed by atoms with E-state index in [9.17, 15) is 22.8 Å². The summed E-state index contributed by atoms with van der Waals surface area (Å²) in [6, 6.07) is 0.137. The Bertz CT molecular complexity index is 906. The molecule has 2 N–H and O–H groups in total. The van der Waals surface area contributed by atoms with Gasteiger partial charge in [-0.05, 0) is 18.8 Å². The molecule has 1 atom stereocenters. The molecular weight excluding hydrogens is 471 g/mol. The molecule has 35 heavy (non-hydrogen) atoms. The second-order valence-corrected chi connectivity index (χ2v) is 9.41. The van der Waals surface area contributed by atoms with Crippen molar-refractivity contribution >= 4 is 17.9 Å². The molecular formula is C22H32F3N5O5. The predicted molar refractivity (Wildman–Crippen MR) is 117 cm³/mol. The highest BCUT2D eigenvalue weighted by molar-refractivity contribution is 5.81. The number of likely N-dealkylation sites (tertiary alicyclic amines) is 2. The van der Waals surface area contributed by atoms with Crippen LogP contribution in [0, 0.1) is 5.92 Å². The van der Waals surface area contributed by atoms with Gasteiger partial charge in [0, 0.05) is 58.0 Å². The number of halogens is 3. The van der Waals surface area contributed by atoms with E-state index in [0.717, 1.165) is 31.8 Å². The van der Waals surface area contributed by atoms with Crippen molar-refractivity contribution in [1.82, 2.24) is 24.7 Å². The van der Waals surface area contributed by atoms with Crippen LogP contribution in [0.25, 0.3) is 0 Å².